The van der Waals surface area contributed by atoms with Crippen LogP contribution in [0.5, 0.6) is 5.75 Å². The van der Waals surface area contributed by atoms with Crippen LogP contribution in [-0.2, 0) is 0 Å². The number of carbonyl (C=O) groups excluding carboxylic acids is 1. The van der Waals surface area contributed by atoms with Crippen LogP contribution in [0.4, 0.5) is 0 Å². The normalized spacial score (nSPS) is 10.5. The number of aromatic nitrogens is 1. The molecule has 0 bridgehead atoms. The molecule has 1 heterocycles. The van der Waals surface area contributed by atoms with E-state index >= 15 is 0 Å². The summed E-state index contributed by atoms with van der Waals surface area (Å²) in [5.74, 6) is 0.743. The van der Waals surface area contributed by atoms with Crippen molar-refractivity contribution in [2.75, 3.05) is 0 Å². The number of hydrogen-bond donors (Lipinski definition) is 1. The van der Waals surface area contributed by atoms with E-state index in [0.717, 1.165) is 11.3 Å². The van der Waals surface area contributed by atoms with Gasteiger partial charge >= 0.3 is 0 Å². The fourth-order valence-electron chi connectivity index (χ4n) is 1.76. The third-order valence-electron chi connectivity index (χ3n) is 2.58. The maximum Gasteiger partial charge on any atom is 0.258 e. The molecule has 19 heavy (non-hydrogen) atoms. The minimum absolute atomic E-state index is 0.0896. The number of hydrogen-bond acceptors (Lipinski definition) is 3. The fraction of sp³-hybridized carbons (Fsp3) is 0.200. The molecule has 1 aromatic heterocycles. The second-order valence-corrected chi connectivity index (χ2v) is 4.47. The van der Waals surface area contributed by atoms with Gasteiger partial charge in [-0.25, -0.2) is 0 Å². The predicted molar refractivity (Wildman–Crippen MR) is 73.7 cm³/mol. The number of nitrogens with one attached hydrogen (secondary N) is 1. The molecule has 2 rings (SSSR count). The predicted octanol–water partition coefficient (Wildman–Crippen LogP) is 2.64. The van der Waals surface area contributed by atoms with Crippen molar-refractivity contribution in [3.8, 4) is 17.0 Å². The molecule has 0 atom stereocenters. The first-order valence-corrected chi connectivity index (χ1v) is 6.06. The Morgan fingerprint density at radius 1 is 1.21 bits per heavy atom. The highest BCUT2D eigenvalue weighted by Gasteiger charge is 2.04. The number of aromatic amines is 1. The van der Waals surface area contributed by atoms with Crippen molar-refractivity contribution in [3.63, 3.8) is 0 Å². The second kappa shape index (κ2) is 5.52. The van der Waals surface area contributed by atoms with Gasteiger partial charge in [0.2, 0.25) is 0 Å². The number of carbonyl (C=O) groups is 1. The molecular formula is C15H15NO3. The molecule has 0 aliphatic carbocycles. The van der Waals surface area contributed by atoms with Gasteiger partial charge in [-0.3, -0.25) is 9.59 Å². The molecule has 0 unspecified atom stereocenters. The molecule has 0 saturated carbocycles. The van der Waals surface area contributed by atoms with Gasteiger partial charge in [0, 0.05) is 11.3 Å². The Balaban J connectivity index is 2.39. The first-order valence-electron chi connectivity index (χ1n) is 6.06. The van der Waals surface area contributed by atoms with E-state index in [1.54, 1.807) is 6.07 Å². The van der Waals surface area contributed by atoms with Gasteiger partial charge in [-0.2, -0.15) is 0 Å². The Labute approximate surface area is 111 Å². The summed E-state index contributed by atoms with van der Waals surface area (Å²) < 4.78 is 5.60. The molecule has 0 aliphatic rings. The lowest BCUT2D eigenvalue weighted by Crippen LogP contribution is -2.12. The maximum absolute atomic E-state index is 11.6. The number of ether oxygens (including phenoxy) is 1. The Bertz CT molecular complexity index is 644. The van der Waals surface area contributed by atoms with Crippen molar-refractivity contribution in [2.45, 2.75) is 20.0 Å². The summed E-state index contributed by atoms with van der Waals surface area (Å²) in [6.45, 7) is 3.90. The average Bonchev–Trinajstić information content (AvgIpc) is 2.38. The van der Waals surface area contributed by atoms with Gasteiger partial charge in [-0.1, -0.05) is 12.1 Å². The van der Waals surface area contributed by atoms with Crippen molar-refractivity contribution in [1.29, 1.82) is 0 Å². The van der Waals surface area contributed by atoms with Crippen LogP contribution in [0.25, 0.3) is 11.3 Å². The number of rotatable bonds is 4. The Morgan fingerprint density at radius 3 is 2.63 bits per heavy atom. The molecule has 4 nitrogen and oxygen atoms in total. The molecule has 4 heteroatoms. The highest BCUT2D eigenvalue weighted by atomic mass is 16.5. The van der Waals surface area contributed by atoms with Crippen molar-refractivity contribution in [1.82, 2.24) is 4.98 Å². The number of pyridine rings is 1. The molecule has 2 aromatic rings. The van der Waals surface area contributed by atoms with Crippen molar-refractivity contribution in [3.05, 3.63) is 52.3 Å². The lowest BCUT2D eigenvalue weighted by Gasteiger charge is -2.10. The highest BCUT2D eigenvalue weighted by Crippen LogP contribution is 2.22. The molecular weight excluding hydrogens is 242 g/mol. The van der Waals surface area contributed by atoms with Crippen LogP contribution >= 0.6 is 0 Å². The van der Waals surface area contributed by atoms with Crippen LogP contribution in [0.15, 0.2) is 41.2 Å². The first-order chi connectivity index (χ1) is 9.10. The Kier molecular flexibility index (Phi) is 3.80. The second-order valence-electron chi connectivity index (χ2n) is 4.47. The van der Waals surface area contributed by atoms with Crippen LogP contribution in [0.1, 0.15) is 24.2 Å². The summed E-state index contributed by atoms with van der Waals surface area (Å²) in [7, 11) is 0. The molecule has 0 aliphatic heterocycles. The quantitative estimate of drug-likeness (QED) is 0.856. The van der Waals surface area contributed by atoms with Crippen LogP contribution in [0.3, 0.4) is 0 Å². The third kappa shape index (κ3) is 3.10. The molecule has 0 fully saturated rings. The van der Waals surface area contributed by atoms with Gasteiger partial charge in [0.15, 0.2) is 6.29 Å². The van der Waals surface area contributed by atoms with Gasteiger partial charge in [0.25, 0.3) is 5.56 Å². The zero-order valence-corrected chi connectivity index (χ0v) is 10.8. The molecule has 0 radical (unpaired) electrons. The highest BCUT2D eigenvalue weighted by molar-refractivity contribution is 5.75. The molecule has 1 N–H and O–H groups in total. The van der Waals surface area contributed by atoms with E-state index in [-0.39, 0.29) is 17.2 Å². The zero-order chi connectivity index (χ0) is 13.8. The summed E-state index contributed by atoms with van der Waals surface area (Å²) >= 11 is 0. The number of aldehydes is 1. The third-order valence-corrected chi connectivity index (χ3v) is 2.58. The number of H-pyrrole nitrogens is 1. The lowest BCUT2D eigenvalue weighted by atomic mass is 10.1. The summed E-state index contributed by atoms with van der Waals surface area (Å²) in [4.78, 5) is 24.9. The fourth-order valence-corrected chi connectivity index (χ4v) is 1.76. The van der Waals surface area contributed by atoms with E-state index in [9.17, 15) is 9.59 Å². The molecule has 98 valence electrons. The monoisotopic (exact) mass is 257 g/mol. The Morgan fingerprint density at radius 2 is 2.00 bits per heavy atom. The van der Waals surface area contributed by atoms with E-state index in [2.05, 4.69) is 4.98 Å². The minimum atomic E-state index is -0.386. The van der Waals surface area contributed by atoms with Crippen LogP contribution in [0.2, 0.25) is 0 Å². The number of benzene rings is 1. The van der Waals surface area contributed by atoms with Gasteiger partial charge in [-0.05, 0) is 38.1 Å². The van der Waals surface area contributed by atoms with Crippen LogP contribution < -0.4 is 10.3 Å². The van der Waals surface area contributed by atoms with Gasteiger partial charge in [0.1, 0.15) is 5.75 Å². The van der Waals surface area contributed by atoms with Gasteiger partial charge < -0.3 is 9.72 Å². The zero-order valence-electron chi connectivity index (χ0n) is 10.8. The largest absolute Gasteiger partial charge is 0.491 e. The average molecular weight is 257 g/mol. The standard InChI is InChI=1S/C15H15NO3/c1-10(2)19-13-5-3-4-11(8-13)14-7-6-12(9-17)15(18)16-14/h3-10H,1-2H3,(H,16,18). The summed E-state index contributed by atoms with van der Waals surface area (Å²) in [6.07, 6.45) is 0.632. The van der Waals surface area contributed by atoms with E-state index in [1.165, 1.54) is 6.07 Å². The molecule has 1 aromatic carbocycles. The SMILES string of the molecule is CC(C)Oc1cccc(-c2ccc(C=O)c(=O)[nH]2)c1. The lowest BCUT2D eigenvalue weighted by molar-refractivity contribution is 0.112. The summed E-state index contributed by atoms with van der Waals surface area (Å²) in [5.41, 5.74) is 1.23. The summed E-state index contributed by atoms with van der Waals surface area (Å²) in [5, 5.41) is 0. The first kappa shape index (κ1) is 13.1. The van der Waals surface area contributed by atoms with Crippen LogP contribution in [-0.4, -0.2) is 17.4 Å². The van der Waals surface area contributed by atoms with E-state index < -0.39 is 0 Å². The topological polar surface area (TPSA) is 59.2 Å². The summed E-state index contributed by atoms with van der Waals surface area (Å²) in [6, 6.07) is 10.7. The molecule has 0 saturated heterocycles. The van der Waals surface area contributed by atoms with E-state index in [1.807, 2.05) is 38.1 Å². The van der Waals surface area contributed by atoms with Gasteiger partial charge in [0.05, 0.1) is 11.7 Å². The van der Waals surface area contributed by atoms with Gasteiger partial charge in [-0.15, -0.1) is 0 Å². The molecule has 0 spiro atoms. The van der Waals surface area contributed by atoms with Crippen molar-refractivity contribution < 1.29 is 9.53 Å². The minimum Gasteiger partial charge on any atom is -0.491 e. The van der Waals surface area contributed by atoms with E-state index in [0.29, 0.717) is 12.0 Å². The smallest absolute Gasteiger partial charge is 0.258 e. The molecule has 0 amide bonds. The van der Waals surface area contributed by atoms with Crippen molar-refractivity contribution in [2.24, 2.45) is 0 Å². The Hall–Kier alpha value is -2.36. The maximum atomic E-state index is 11.6. The van der Waals surface area contributed by atoms with Crippen LogP contribution in [0, 0.1) is 0 Å². The van der Waals surface area contributed by atoms with Crippen molar-refractivity contribution >= 4 is 6.29 Å². The van der Waals surface area contributed by atoms with E-state index in [4.69, 9.17) is 4.74 Å².